The summed E-state index contributed by atoms with van der Waals surface area (Å²) in [6.07, 6.45) is 1.59. The number of benzene rings is 1. The molecule has 0 unspecified atom stereocenters. The Hall–Kier alpha value is -2.53. The lowest BCUT2D eigenvalue weighted by Crippen LogP contribution is -2.27. The molecule has 2 aromatic heterocycles. The second-order valence-electron chi connectivity index (χ2n) is 5.68. The number of nitrogens with zero attached hydrogens (tertiary/aromatic N) is 2. The van der Waals surface area contributed by atoms with Crippen LogP contribution in [0.25, 0.3) is 10.9 Å². The first kappa shape index (κ1) is 17.3. The standard InChI is InChI=1S/C19H19ClN2O3/c1-3-24-16-6-7-18-14(10-16)9-15(19(20)21-18)11-22(13(2)23)12-17-5-4-8-25-17/h4-10H,3,11-12H2,1-2H3. The van der Waals surface area contributed by atoms with Crippen molar-refractivity contribution in [3.05, 3.63) is 59.1 Å². The Morgan fingerprint density at radius 3 is 2.80 bits per heavy atom. The molecule has 0 atom stereocenters. The quantitative estimate of drug-likeness (QED) is 0.612. The van der Waals surface area contributed by atoms with E-state index in [2.05, 4.69) is 4.98 Å². The van der Waals surface area contributed by atoms with Crippen LogP contribution in [0.2, 0.25) is 5.15 Å². The van der Waals surface area contributed by atoms with Crippen molar-refractivity contribution in [2.75, 3.05) is 6.61 Å². The summed E-state index contributed by atoms with van der Waals surface area (Å²) in [5.74, 6) is 1.44. The molecule has 5 nitrogen and oxygen atoms in total. The van der Waals surface area contributed by atoms with Gasteiger partial charge in [0, 0.05) is 24.4 Å². The predicted molar refractivity (Wildman–Crippen MR) is 96.6 cm³/mol. The van der Waals surface area contributed by atoms with Gasteiger partial charge >= 0.3 is 0 Å². The summed E-state index contributed by atoms with van der Waals surface area (Å²) in [5, 5.41) is 1.31. The van der Waals surface area contributed by atoms with Crippen molar-refractivity contribution in [3.8, 4) is 5.75 Å². The van der Waals surface area contributed by atoms with Crippen molar-refractivity contribution < 1.29 is 13.9 Å². The van der Waals surface area contributed by atoms with Crippen LogP contribution in [0.1, 0.15) is 25.2 Å². The minimum atomic E-state index is -0.0596. The van der Waals surface area contributed by atoms with Crippen molar-refractivity contribution in [3.63, 3.8) is 0 Å². The van der Waals surface area contributed by atoms with Gasteiger partial charge in [-0.25, -0.2) is 4.98 Å². The van der Waals surface area contributed by atoms with E-state index >= 15 is 0 Å². The minimum absolute atomic E-state index is 0.0596. The van der Waals surface area contributed by atoms with E-state index in [4.69, 9.17) is 20.8 Å². The topological polar surface area (TPSA) is 55.6 Å². The second-order valence-corrected chi connectivity index (χ2v) is 6.04. The summed E-state index contributed by atoms with van der Waals surface area (Å²) in [5.41, 5.74) is 1.57. The van der Waals surface area contributed by atoms with E-state index in [1.54, 1.807) is 17.2 Å². The fourth-order valence-corrected chi connectivity index (χ4v) is 2.82. The molecule has 0 bridgehead atoms. The molecular weight excluding hydrogens is 340 g/mol. The number of carbonyl (C=O) groups excluding carboxylic acids is 1. The zero-order valence-corrected chi connectivity index (χ0v) is 14.9. The predicted octanol–water partition coefficient (Wildman–Crippen LogP) is 4.43. The van der Waals surface area contributed by atoms with Crippen LogP contribution in [0.15, 0.2) is 47.1 Å². The average molecular weight is 359 g/mol. The summed E-state index contributed by atoms with van der Waals surface area (Å²) in [7, 11) is 0. The summed E-state index contributed by atoms with van der Waals surface area (Å²) >= 11 is 6.33. The van der Waals surface area contributed by atoms with Crippen LogP contribution in [0.4, 0.5) is 0 Å². The van der Waals surface area contributed by atoms with Gasteiger partial charge in [0.05, 0.1) is 24.9 Å². The van der Waals surface area contributed by atoms with Gasteiger partial charge in [-0.1, -0.05) is 11.6 Å². The molecule has 1 amide bonds. The Balaban J connectivity index is 1.89. The van der Waals surface area contributed by atoms with Gasteiger partial charge in [-0.05, 0) is 43.3 Å². The summed E-state index contributed by atoms with van der Waals surface area (Å²) in [6.45, 7) is 4.81. The highest BCUT2D eigenvalue weighted by Gasteiger charge is 2.15. The van der Waals surface area contributed by atoms with Gasteiger partial charge in [-0.2, -0.15) is 0 Å². The van der Waals surface area contributed by atoms with Crippen LogP contribution in [0.5, 0.6) is 5.75 Å². The molecule has 130 valence electrons. The number of pyridine rings is 1. The molecule has 0 aliphatic carbocycles. The summed E-state index contributed by atoms with van der Waals surface area (Å²) < 4.78 is 10.9. The van der Waals surface area contributed by atoms with E-state index in [0.717, 1.165) is 28.0 Å². The summed E-state index contributed by atoms with van der Waals surface area (Å²) in [4.78, 5) is 18.1. The molecular formula is C19H19ClN2O3. The van der Waals surface area contributed by atoms with Gasteiger partial charge in [0.2, 0.25) is 5.91 Å². The lowest BCUT2D eigenvalue weighted by molar-refractivity contribution is -0.130. The van der Waals surface area contributed by atoms with E-state index < -0.39 is 0 Å². The maximum atomic E-state index is 12.0. The average Bonchev–Trinajstić information content (AvgIpc) is 3.08. The van der Waals surface area contributed by atoms with Gasteiger partial charge in [0.25, 0.3) is 0 Å². The monoisotopic (exact) mass is 358 g/mol. The third kappa shape index (κ3) is 4.12. The van der Waals surface area contributed by atoms with Crippen molar-refractivity contribution in [2.24, 2.45) is 0 Å². The number of fused-ring (bicyclic) bond motifs is 1. The molecule has 0 saturated carbocycles. The molecule has 0 N–H and O–H groups in total. The third-order valence-corrected chi connectivity index (χ3v) is 4.18. The summed E-state index contributed by atoms with van der Waals surface area (Å²) in [6, 6.07) is 11.3. The number of furan rings is 1. The van der Waals surface area contributed by atoms with Crippen molar-refractivity contribution in [1.82, 2.24) is 9.88 Å². The maximum absolute atomic E-state index is 12.0. The SMILES string of the molecule is CCOc1ccc2nc(Cl)c(CN(Cc3ccco3)C(C)=O)cc2c1. The number of halogens is 1. The normalized spacial score (nSPS) is 10.8. The molecule has 0 radical (unpaired) electrons. The fraction of sp³-hybridized carbons (Fsp3) is 0.263. The highest BCUT2D eigenvalue weighted by Crippen LogP contribution is 2.26. The van der Waals surface area contributed by atoms with Crippen molar-refractivity contribution in [2.45, 2.75) is 26.9 Å². The van der Waals surface area contributed by atoms with Crippen LogP contribution in [0.3, 0.4) is 0 Å². The fourth-order valence-electron chi connectivity index (χ4n) is 2.62. The van der Waals surface area contributed by atoms with Gasteiger partial charge in [0.15, 0.2) is 0 Å². The molecule has 3 aromatic rings. The molecule has 0 saturated heterocycles. The highest BCUT2D eigenvalue weighted by molar-refractivity contribution is 6.30. The Kier molecular flexibility index (Phi) is 5.24. The number of carbonyl (C=O) groups is 1. The molecule has 25 heavy (non-hydrogen) atoms. The van der Waals surface area contributed by atoms with E-state index in [-0.39, 0.29) is 5.91 Å². The molecule has 1 aromatic carbocycles. The third-order valence-electron chi connectivity index (χ3n) is 3.86. The first-order valence-corrected chi connectivity index (χ1v) is 8.44. The molecule has 0 fully saturated rings. The lowest BCUT2D eigenvalue weighted by Gasteiger charge is -2.20. The van der Waals surface area contributed by atoms with E-state index in [1.807, 2.05) is 37.3 Å². The Morgan fingerprint density at radius 1 is 1.28 bits per heavy atom. The minimum Gasteiger partial charge on any atom is -0.494 e. The van der Waals surface area contributed by atoms with Crippen LogP contribution in [0, 0.1) is 0 Å². The van der Waals surface area contributed by atoms with Crippen molar-refractivity contribution in [1.29, 1.82) is 0 Å². The number of hydrogen-bond acceptors (Lipinski definition) is 4. The number of aromatic nitrogens is 1. The molecule has 0 aliphatic heterocycles. The molecule has 6 heteroatoms. The largest absolute Gasteiger partial charge is 0.494 e. The smallest absolute Gasteiger partial charge is 0.220 e. The van der Waals surface area contributed by atoms with E-state index in [1.165, 1.54) is 6.92 Å². The van der Waals surface area contributed by atoms with Crippen LogP contribution in [-0.4, -0.2) is 22.4 Å². The molecule has 3 rings (SSSR count). The van der Waals surface area contributed by atoms with Gasteiger partial charge in [-0.15, -0.1) is 0 Å². The number of ether oxygens (including phenoxy) is 1. The first-order valence-electron chi connectivity index (χ1n) is 8.06. The van der Waals surface area contributed by atoms with E-state index in [0.29, 0.717) is 24.8 Å². The number of rotatable bonds is 6. The van der Waals surface area contributed by atoms with Crippen LogP contribution >= 0.6 is 11.6 Å². The molecule has 2 heterocycles. The first-order chi connectivity index (χ1) is 12.1. The Morgan fingerprint density at radius 2 is 2.12 bits per heavy atom. The van der Waals surface area contributed by atoms with Crippen LogP contribution in [-0.2, 0) is 17.9 Å². The zero-order chi connectivity index (χ0) is 17.8. The van der Waals surface area contributed by atoms with Gasteiger partial charge in [0.1, 0.15) is 16.7 Å². The number of hydrogen-bond donors (Lipinski definition) is 0. The highest BCUT2D eigenvalue weighted by atomic mass is 35.5. The number of amides is 1. The lowest BCUT2D eigenvalue weighted by atomic mass is 10.1. The van der Waals surface area contributed by atoms with Crippen LogP contribution < -0.4 is 4.74 Å². The second kappa shape index (κ2) is 7.57. The Bertz CT molecular complexity index is 878. The maximum Gasteiger partial charge on any atom is 0.220 e. The van der Waals surface area contributed by atoms with Crippen molar-refractivity contribution >= 4 is 28.4 Å². The molecule has 0 spiro atoms. The van der Waals surface area contributed by atoms with Gasteiger partial charge in [-0.3, -0.25) is 4.79 Å². The van der Waals surface area contributed by atoms with E-state index in [9.17, 15) is 4.79 Å². The zero-order valence-electron chi connectivity index (χ0n) is 14.2. The Labute approximate surface area is 151 Å². The molecule has 0 aliphatic rings. The van der Waals surface area contributed by atoms with Gasteiger partial charge < -0.3 is 14.1 Å².